The molecule has 1 aliphatic carbocycles. The van der Waals surface area contributed by atoms with Crippen LogP contribution in [0.2, 0.25) is 0 Å². The average Bonchev–Trinajstić information content (AvgIpc) is 2.90. The van der Waals surface area contributed by atoms with Gasteiger partial charge in [-0.2, -0.15) is 0 Å². The van der Waals surface area contributed by atoms with Gasteiger partial charge in [-0.25, -0.2) is 0 Å². The molecular formula is C16H32N2O3. The molecule has 1 aliphatic rings. The highest BCUT2D eigenvalue weighted by atomic mass is 16.5. The Kier molecular flexibility index (Phi) is 7.63. The van der Waals surface area contributed by atoms with Crippen LogP contribution < -0.4 is 5.32 Å². The summed E-state index contributed by atoms with van der Waals surface area (Å²) in [5.41, 5.74) is -0.487. The highest BCUT2D eigenvalue weighted by molar-refractivity contribution is 5.81. The third-order valence-electron chi connectivity index (χ3n) is 4.89. The van der Waals surface area contributed by atoms with Crippen molar-refractivity contribution in [3.05, 3.63) is 0 Å². The van der Waals surface area contributed by atoms with Gasteiger partial charge in [-0.1, -0.05) is 6.42 Å². The fourth-order valence-corrected chi connectivity index (χ4v) is 3.51. The number of nitrogens with one attached hydrogen (secondary N) is 1. The summed E-state index contributed by atoms with van der Waals surface area (Å²) in [5, 5.41) is 3.26. The van der Waals surface area contributed by atoms with Crippen molar-refractivity contribution >= 4 is 5.97 Å². The summed E-state index contributed by atoms with van der Waals surface area (Å²) in [4.78, 5) is 14.6. The molecule has 0 radical (unpaired) electrons. The van der Waals surface area contributed by atoms with Crippen molar-refractivity contribution in [1.29, 1.82) is 0 Å². The first-order valence-electron chi connectivity index (χ1n) is 8.02. The number of rotatable bonds is 9. The van der Waals surface area contributed by atoms with Crippen LogP contribution >= 0.6 is 0 Å². The number of hydrogen-bond acceptors (Lipinski definition) is 5. The molecule has 1 rings (SSSR count). The fourth-order valence-electron chi connectivity index (χ4n) is 3.51. The Hall–Kier alpha value is -0.650. The number of ether oxygens (including phenoxy) is 2. The molecule has 5 nitrogen and oxygen atoms in total. The Morgan fingerprint density at radius 1 is 1.38 bits per heavy atom. The van der Waals surface area contributed by atoms with Crippen molar-refractivity contribution in [3.8, 4) is 0 Å². The van der Waals surface area contributed by atoms with E-state index in [1.807, 2.05) is 7.05 Å². The van der Waals surface area contributed by atoms with Gasteiger partial charge in [0, 0.05) is 19.7 Å². The van der Waals surface area contributed by atoms with Crippen LogP contribution in [0.5, 0.6) is 0 Å². The second kappa shape index (κ2) is 8.71. The minimum Gasteiger partial charge on any atom is -0.468 e. The van der Waals surface area contributed by atoms with Crippen molar-refractivity contribution in [3.63, 3.8) is 0 Å². The van der Waals surface area contributed by atoms with E-state index in [9.17, 15) is 4.79 Å². The SMILES string of the molecule is CNC1(C(=O)OC)CCCC1CCN(CCOC)C(C)C. The molecule has 124 valence electrons. The van der Waals surface area contributed by atoms with E-state index in [0.29, 0.717) is 12.0 Å². The zero-order valence-electron chi connectivity index (χ0n) is 14.3. The second-order valence-corrected chi connectivity index (χ2v) is 6.21. The third-order valence-corrected chi connectivity index (χ3v) is 4.89. The number of carbonyl (C=O) groups excluding carboxylic acids is 1. The highest BCUT2D eigenvalue weighted by Gasteiger charge is 2.48. The Balaban J connectivity index is 2.64. The lowest BCUT2D eigenvalue weighted by Gasteiger charge is -2.34. The van der Waals surface area contributed by atoms with Crippen LogP contribution in [0.4, 0.5) is 0 Å². The lowest BCUT2D eigenvalue weighted by Crippen LogP contribution is -2.54. The summed E-state index contributed by atoms with van der Waals surface area (Å²) in [5.74, 6) is 0.235. The Morgan fingerprint density at radius 2 is 2.10 bits per heavy atom. The quantitative estimate of drug-likeness (QED) is 0.656. The molecule has 0 aromatic rings. The van der Waals surface area contributed by atoms with Crippen molar-refractivity contribution in [2.75, 3.05) is 41.0 Å². The van der Waals surface area contributed by atoms with Gasteiger partial charge in [0.05, 0.1) is 13.7 Å². The Morgan fingerprint density at radius 3 is 2.62 bits per heavy atom. The molecule has 0 amide bonds. The smallest absolute Gasteiger partial charge is 0.326 e. The third kappa shape index (κ3) is 4.41. The molecule has 2 atom stereocenters. The highest BCUT2D eigenvalue weighted by Crippen LogP contribution is 2.38. The molecule has 0 spiro atoms. The fraction of sp³-hybridized carbons (Fsp3) is 0.938. The summed E-state index contributed by atoms with van der Waals surface area (Å²) in [6, 6.07) is 0.490. The second-order valence-electron chi connectivity index (χ2n) is 6.21. The molecule has 2 unspecified atom stereocenters. The number of nitrogens with zero attached hydrogens (tertiary/aromatic N) is 1. The molecule has 5 heteroatoms. The molecule has 0 aromatic heterocycles. The van der Waals surface area contributed by atoms with E-state index in [4.69, 9.17) is 9.47 Å². The van der Waals surface area contributed by atoms with Crippen LogP contribution in [0.25, 0.3) is 0 Å². The van der Waals surface area contributed by atoms with E-state index in [-0.39, 0.29) is 5.97 Å². The minimum absolute atomic E-state index is 0.111. The maximum atomic E-state index is 12.2. The van der Waals surface area contributed by atoms with Gasteiger partial charge in [-0.05, 0) is 52.6 Å². The van der Waals surface area contributed by atoms with Gasteiger partial charge in [0.15, 0.2) is 0 Å². The lowest BCUT2D eigenvalue weighted by molar-refractivity contribution is -0.150. The van der Waals surface area contributed by atoms with Crippen molar-refractivity contribution in [1.82, 2.24) is 10.2 Å². The minimum atomic E-state index is -0.487. The summed E-state index contributed by atoms with van der Waals surface area (Å²) in [6.07, 6.45) is 4.06. The van der Waals surface area contributed by atoms with E-state index in [1.165, 1.54) is 7.11 Å². The predicted molar refractivity (Wildman–Crippen MR) is 84.3 cm³/mol. The largest absolute Gasteiger partial charge is 0.468 e. The van der Waals surface area contributed by atoms with E-state index >= 15 is 0 Å². The number of hydrogen-bond donors (Lipinski definition) is 1. The van der Waals surface area contributed by atoms with E-state index in [0.717, 1.165) is 45.4 Å². The average molecular weight is 300 g/mol. The summed E-state index contributed by atoms with van der Waals surface area (Å²) in [7, 11) is 5.09. The van der Waals surface area contributed by atoms with Gasteiger partial charge in [0.2, 0.25) is 0 Å². The van der Waals surface area contributed by atoms with Gasteiger partial charge < -0.3 is 14.8 Å². The molecule has 1 N–H and O–H groups in total. The topological polar surface area (TPSA) is 50.8 Å². The molecule has 0 bridgehead atoms. The predicted octanol–water partition coefficient (Wildman–Crippen LogP) is 1.66. The molecule has 0 saturated heterocycles. The molecule has 1 fully saturated rings. The standard InChI is InChI=1S/C16H32N2O3/c1-13(2)18(11-12-20-4)10-8-14-7-6-9-16(14,17-3)15(19)21-5/h13-14,17H,6-12H2,1-5H3. The van der Waals surface area contributed by atoms with Crippen LogP contribution in [0.3, 0.4) is 0 Å². The number of likely N-dealkylation sites (N-methyl/N-ethyl adjacent to an activating group) is 1. The number of carbonyl (C=O) groups is 1. The molecule has 0 aliphatic heterocycles. The van der Waals surface area contributed by atoms with Crippen LogP contribution in [-0.2, 0) is 14.3 Å². The van der Waals surface area contributed by atoms with E-state index in [1.54, 1.807) is 7.11 Å². The maximum absolute atomic E-state index is 12.2. The number of esters is 1. The normalized spacial score (nSPS) is 25.8. The number of methoxy groups -OCH3 is 2. The summed E-state index contributed by atoms with van der Waals surface area (Å²) in [6.45, 7) is 7.08. The van der Waals surface area contributed by atoms with Gasteiger partial charge in [0.1, 0.15) is 5.54 Å². The van der Waals surface area contributed by atoms with Crippen molar-refractivity contribution in [2.24, 2.45) is 5.92 Å². The van der Waals surface area contributed by atoms with Crippen LogP contribution in [-0.4, -0.2) is 63.4 Å². The molecule has 0 aromatic carbocycles. The first-order valence-corrected chi connectivity index (χ1v) is 8.02. The molecule has 0 heterocycles. The monoisotopic (exact) mass is 300 g/mol. The first kappa shape index (κ1) is 18.4. The molecule has 21 heavy (non-hydrogen) atoms. The summed E-state index contributed by atoms with van der Waals surface area (Å²) < 4.78 is 10.2. The van der Waals surface area contributed by atoms with E-state index in [2.05, 4.69) is 24.1 Å². The van der Waals surface area contributed by atoms with Gasteiger partial charge >= 0.3 is 5.97 Å². The molecular weight excluding hydrogens is 268 g/mol. The Labute approximate surface area is 129 Å². The van der Waals surface area contributed by atoms with E-state index < -0.39 is 5.54 Å². The molecule has 1 saturated carbocycles. The zero-order valence-corrected chi connectivity index (χ0v) is 14.3. The zero-order chi connectivity index (χ0) is 15.9. The first-order chi connectivity index (χ1) is 10.0. The van der Waals surface area contributed by atoms with Crippen LogP contribution in [0.15, 0.2) is 0 Å². The Bertz CT molecular complexity index is 323. The van der Waals surface area contributed by atoms with Crippen molar-refractivity contribution < 1.29 is 14.3 Å². The lowest BCUT2D eigenvalue weighted by atomic mass is 9.84. The van der Waals surface area contributed by atoms with Crippen LogP contribution in [0, 0.1) is 5.92 Å². The van der Waals surface area contributed by atoms with Gasteiger partial charge in [-0.15, -0.1) is 0 Å². The van der Waals surface area contributed by atoms with Crippen molar-refractivity contribution in [2.45, 2.75) is 51.1 Å². The van der Waals surface area contributed by atoms with Gasteiger partial charge in [0.25, 0.3) is 0 Å². The summed E-state index contributed by atoms with van der Waals surface area (Å²) >= 11 is 0. The maximum Gasteiger partial charge on any atom is 0.326 e. The van der Waals surface area contributed by atoms with Gasteiger partial charge in [-0.3, -0.25) is 9.69 Å². The van der Waals surface area contributed by atoms with Crippen LogP contribution in [0.1, 0.15) is 39.5 Å².